The van der Waals surface area contributed by atoms with Gasteiger partial charge in [0.15, 0.2) is 0 Å². The van der Waals surface area contributed by atoms with Crippen LogP contribution in [0.2, 0.25) is 0 Å². The molecule has 2 heterocycles. The first-order chi connectivity index (χ1) is 20.8. The van der Waals surface area contributed by atoms with Crippen molar-refractivity contribution in [2.45, 2.75) is 0 Å². The van der Waals surface area contributed by atoms with Crippen molar-refractivity contribution < 1.29 is 8.83 Å². The molecule has 4 heteroatoms. The van der Waals surface area contributed by atoms with E-state index in [4.69, 9.17) is 8.83 Å². The highest BCUT2D eigenvalue weighted by molar-refractivity contribution is 6.13. The van der Waals surface area contributed by atoms with E-state index >= 15 is 0 Å². The molecule has 0 spiro atoms. The fourth-order valence-electron chi connectivity index (χ4n) is 6.15. The molecule has 0 atom stereocenters. The maximum absolute atomic E-state index is 10.7. The van der Waals surface area contributed by atoms with Crippen molar-refractivity contribution in [2.75, 3.05) is 0 Å². The van der Waals surface area contributed by atoms with Crippen LogP contribution in [0.3, 0.4) is 0 Å². The summed E-state index contributed by atoms with van der Waals surface area (Å²) in [5.74, 6) is 0. The minimum absolute atomic E-state index is 0.422. The normalized spacial score (nSPS) is 11.3. The van der Waals surface area contributed by atoms with Gasteiger partial charge in [-0.1, -0.05) is 103 Å². The molecule has 0 aliphatic rings. The molecule has 6 aromatic carbocycles. The lowest BCUT2D eigenvalue weighted by molar-refractivity contribution is 0.670. The van der Waals surface area contributed by atoms with Gasteiger partial charge in [-0.15, -0.1) is 0 Å². The number of nitrogens with zero attached hydrogens (tertiary/aromatic N) is 2. The van der Waals surface area contributed by atoms with Gasteiger partial charge in [-0.3, -0.25) is 0 Å². The molecule has 0 aliphatic heterocycles. The molecule has 42 heavy (non-hydrogen) atoms. The van der Waals surface area contributed by atoms with Crippen molar-refractivity contribution in [3.8, 4) is 45.5 Å². The minimum atomic E-state index is 0.422. The maximum atomic E-state index is 10.7. The van der Waals surface area contributed by atoms with Crippen LogP contribution in [0.5, 0.6) is 0 Å². The summed E-state index contributed by atoms with van der Waals surface area (Å²) in [5, 5.41) is 25.3. The van der Waals surface area contributed by atoms with Gasteiger partial charge in [0.25, 0.3) is 0 Å². The zero-order valence-corrected chi connectivity index (χ0v) is 22.3. The SMILES string of the molecule is N#Cc1c(-c2cccc3c2oc2ccccc23)cc(-c2cccc3c2oc2ccccc23)c(C#N)c1-c1ccccc1. The minimum Gasteiger partial charge on any atom is -0.455 e. The largest absolute Gasteiger partial charge is 0.455 e. The third-order valence-corrected chi connectivity index (χ3v) is 8.00. The van der Waals surface area contributed by atoms with Crippen LogP contribution in [-0.2, 0) is 0 Å². The molecule has 0 aliphatic carbocycles. The van der Waals surface area contributed by atoms with Gasteiger partial charge in [-0.05, 0) is 23.8 Å². The van der Waals surface area contributed by atoms with E-state index in [1.165, 1.54) is 0 Å². The van der Waals surface area contributed by atoms with E-state index < -0.39 is 0 Å². The van der Waals surface area contributed by atoms with Gasteiger partial charge in [0.05, 0.1) is 11.1 Å². The molecule has 8 aromatic rings. The van der Waals surface area contributed by atoms with E-state index in [9.17, 15) is 10.5 Å². The molecule has 0 unspecified atom stereocenters. The number of hydrogen-bond acceptors (Lipinski definition) is 4. The Hall–Kier alpha value is -6.10. The molecule has 0 saturated heterocycles. The highest BCUT2D eigenvalue weighted by atomic mass is 16.3. The second kappa shape index (κ2) is 9.24. The number of hydrogen-bond donors (Lipinski definition) is 0. The van der Waals surface area contributed by atoms with Crippen LogP contribution in [0.15, 0.2) is 130 Å². The van der Waals surface area contributed by atoms with Crippen molar-refractivity contribution in [3.63, 3.8) is 0 Å². The summed E-state index contributed by atoms with van der Waals surface area (Å²) in [7, 11) is 0. The lowest BCUT2D eigenvalue weighted by Crippen LogP contribution is -1.98. The number of fused-ring (bicyclic) bond motifs is 6. The third kappa shape index (κ3) is 3.40. The lowest BCUT2D eigenvalue weighted by Gasteiger charge is -2.17. The Morgan fingerprint density at radius 1 is 0.429 bits per heavy atom. The van der Waals surface area contributed by atoms with Crippen molar-refractivity contribution in [3.05, 3.63) is 132 Å². The fourth-order valence-corrected chi connectivity index (χ4v) is 6.15. The van der Waals surface area contributed by atoms with Crippen LogP contribution >= 0.6 is 0 Å². The Bertz CT molecular complexity index is 2280. The first-order valence-corrected chi connectivity index (χ1v) is 13.6. The zero-order chi connectivity index (χ0) is 28.2. The quantitative estimate of drug-likeness (QED) is 0.225. The Kier molecular flexibility index (Phi) is 5.22. The Labute approximate surface area is 240 Å². The second-order valence-corrected chi connectivity index (χ2v) is 10.2. The summed E-state index contributed by atoms with van der Waals surface area (Å²) < 4.78 is 12.8. The molecule has 194 valence electrons. The molecule has 0 bridgehead atoms. The van der Waals surface area contributed by atoms with Crippen LogP contribution < -0.4 is 0 Å². The standard InChI is InChI=1S/C38H20N2O2/c39-21-32-30(28-16-8-14-26-24-12-4-6-18-34(24)41-37(26)28)20-31(33(22-40)36(32)23-10-2-1-3-11-23)29-17-9-15-27-25-13-5-7-19-35(25)42-38(27)29/h1-20H. The van der Waals surface area contributed by atoms with Gasteiger partial charge in [-0.25, -0.2) is 0 Å². The molecule has 0 amide bonds. The van der Waals surface area contributed by atoms with E-state index in [1.807, 2.05) is 121 Å². The molecular formula is C38H20N2O2. The van der Waals surface area contributed by atoms with Gasteiger partial charge in [0, 0.05) is 49.4 Å². The molecule has 0 fully saturated rings. The molecule has 0 saturated carbocycles. The predicted octanol–water partition coefficient (Wildman–Crippen LogP) is 10.2. The first-order valence-electron chi connectivity index (χ1n) is 13.6. The van der Waals surface area contributed by atoms with Gasteiger partial charge >= 0.3 is 0 Å². The van der Waals surface area contributed by atoms with E-state index in [1.54, 1.807) is 0 Å². The molecule has 0 N–H and O–H groups in total. The van der Waals surface area contributed by atoms with Crippen LogP contribution in [0.1, 0.15) is 11.1 Å². The monoisotopic (exact) mass is 536 g/mol. The van der Waals surface area contributed by atoms with E-state index in [2.05, 4.69) is 12.1 Å². The lowest BCUT2D eigenvalue weighted by atomic mass is 9.83. The maximum Gasteiger partial charge on any atom is 0.143 e. The smallest absolute Gasteiger partial charge is 0.143 e. The summed E-state index contributed by atoms with van der Waals surface area (Å²) in [5.41, 5.74) is 8.17. The van der Waals surface area contributed by atoms with Crippen molar-refractivity contribution >= 4 is 43.9 Å². The summed E-state index contributed by atoms with van der Waals surface area (Å²) in [4.78, 5) is 0. The average molecular weight is 537 g/mol. The number of benzene rings is 6. The van der Waals surface area contributed by atoms with Crippen LogP contribution in [0.4, 0.5) is 0 Å². The highest BCUT2D eigenvalue weighted by Crippen LogP contribution is 2.45. The molecule has 2 aromatic heterocycles. The average Bonchev–Trinajstić information content (AvgIpc) is 3.63. The number of nitriles is 2. The number of para-hydroxylation sites is 4. The topological polar surface area (TPSA) is 73.9 Å². The Morgan fingerprint density at radius 2 is 0.881 bits per heavy atom. The fraction of sp³-hybridized carbons (Fsp3) is 0. The molecular weight excluding hydrogens is 516 g/mol. The summed E-state index contributed by atoms with van der Waals surface area (Å²) in [6, 6.07) is 44.4. The Balaban J connectivity index is 1.54. The Morgan fingerprint density at radius 3 is 1.38 bits per heavy atom. The first kappa shape index (κ1) is 23.8. The van der Waals surface area contributed by atoms with Gasteiger partial charge in [0.2, 0.25) is 0 Å². The van der Waals surface area contributed by atoms with Crippen LogP contribution in [0, 0.1) is 22.7 Å². The summed E-state index contributed by atoms with van der Waals surface area (Å²) >= 11 is 0. The van der Waals surface area contributed by atoms with E-state index in [0.29, 0.717) is 39.0 Å². The predicted molar refractivity (Wildman–Crippen MR) is 167 cm³/mol. The number of furan rings is 2. The number of rotatable bonds is 3. The third-order valence-electron chi connectivity index (χ3n) is 8.00. The molecule has 8 rings (SSSR count). The zero-order valence-electron chi connectivity index (χ0n) is 22.3. The van der Waals surface area contributed by atoms with Gasteiger partial charge < -0.3 is 8.83 Å². The van der Waals surface area contributed by atoms with Crippen molar-refractivity contribution in [1.82, 2.24) is 0 Å². The molecule has 4 nitrogen and oxygen atoms in total. The van der Waals surface area contributed by atoms with Gasteiger partial charge in [-0.2, -0.15) is 10.5 Å². The van der Waals surface area contributed by atoms with Gasteiger partial charge in [0.1, 0.15) is 34.5 Å². The van der Waals surface area contributed by atoms with Crippen molar-refractivity contribution in [2.24, 2.45) is 0 Å². The van der Waals surface area contributed by atoms with Crippen molar-refractivity contribution in [1.29, 1.82) is 10.5 Å². The van der Waals surface area contributed by atoms with E-state index in [-0.39, 0.29) is 0 Å². The summed E-state index contributed by atoms with van der Waals surface area (Å²) in [6.07, 6.45) is 0. The molecule has 0 radical (unpaired) electrons. The summed E-state index contributed by atoms with van der Waals surface area (Å²) in [6.45, 7) is 0. The highest BCUT2D eigenvalue weighted by Gasteiger charge is 2.25. The van der Waals surface area contributed by atoms with E-state index in [0.717, 1.165) is 49.4 Å². The second-order valence-electron chi connectivity index (χ2n) is 10.2. The van der Waals surface area contributed by atoms with Crippen LogP contribution in [0.25, 0.3) is 77.3 Å². The van der Waals surface area contributed by atoms with Crippen LogP contribution in [-0.4, -0.2) is 0 Å².